The molecule has 0 unspecified atom stereocenters. The third kappa shape index (κ3) is 4.24. The number of aliphatic hydroxyl groups excluding tert-OH is 2. The third-order valence-corrected chi connectivity index (χ3v) is 7.62. The maximum absolute atomic E-state index is 11.1. The quantitative estimate of drug-likeness (QED) is 0.159. The van der Waals surface area contributed by atoms with Crippen LogP contribution >= 0.6 is 0 Å². The number of phenols is 8. The van der Waals surface area contributed by atoms with E-state index in [4.69, 9.17) is 9.47 Å². The average molecular weight is 579 g/mol. The Labute approximate surface area is 237 Å². The van der Waals surface area contributed by atoms with E-state index in [0.717, 1.165) is 12.1 Å². The van der Waals surface area contributed by atoms with Crippen molar-refractivity contribution >= 4 is 0 Å². The Bertz CT molecular complexity index is 1730. The van der Waals surface area contributed by atoms with Crippen molar-refractivity contribution in [2.45, 2.75) is 37.3 Å². The number of benzene rings is 4. The monoisotopic (exact) mass is 578 g/mol. The summed E-state index contributed by atoms with van der Waals surface area (Å²) < 4.78 is 12.0. The van der Waals surface area contributed by atoms with Gasteiger partial charge in [0.15, 0.2) is 40.6 Å². The number of rotatable bonds is 3. The van der Waals surface area contributed by atoms with E-state index in [2.05, 4.69) is 0 Å². The summed E-state index contributed by atoms with van der Waals surface area (Å²) in [5.74, 6) is -4.09. The van der Waals surface area contributed by atoms with Crippen LogP contribution in [0.4, 0.5) is 0 Å². The van der Waals surface area contributed by atoms with E-state index in [1.54, 1.807) is 0 Å². The first-order chi connectivity index (χ1) is 19.9. The SMILES string of the molecule is Oc1ccc([C@H]2Oc3c(O)c(O)cc(-c4c(O)cc(O)c5c4O[C@@H](c4ccc(O)c(O)c4)[C@@H](O)C5)c3C[C@@H]2O)cc1O. The van der Waals surface area contributed by atoms with Crippen LogP contribution in [0, 0.1) is 0 Å². The van der Waals surface area contributed by atoms with E-state index in [-0.39, 0.29) is 75.0 Å². The van der Waals surface area contributed by atoms with Crippen molar-refractivity contribution in [1.29, 1.82) is 0 Å². The van der Waals surface area contributed by atoms with Gasteiger partial charge in [0, 0.05) is 35.6 Å². The largest absolute Gasteiger partial charge is 0.507 e. The van der Waals surface area contributed by atoms with Gasteiger partial charge in [-0.15, -0.1) is 0 Å². The molecule has 0 saturated carbocycles. The van der Waals surface area contributed by atoms with Crippen molar-refractivity contribution in [2.75, 3.05) is 0 Å². The van der Waals surface area contributed by atoms with E-state index >= 15 is 0 Å². The molecule has 2 aliphatic rings. The molecule has 0 amide bonds. The number of hydrogen-bond donors (Lipinski definition) is 10. The maximum Gasteiger partial charge on any atom is 0.200 e. The van der Waals surface area contributed by atoms with Gasteiger partial charge < -0.3 is 60.5 Å². The van der Waals surface area contributed by atoms with Gasteiger partial charge in [0.25, 0.3) is 0 Å². The Morgan fingerprint density at radius 3 is 1.57 bits per heavy atom. The first-order valence-electron chi connectivity index (χ1n) is 12.8. The molecular weight excluding hydrogens is 552 g/mol. The Hall–Kier alpha value is -5.20. The van der Waals surface area contributed by atoms with Crippen molar-refractivity contribution in [3.8, 4) is 68.6 Å². The minimum Gasteiger partial charge on any atom is -0.507 e. The van der Waals surface area contributed by atoms with Gasteiger partial charge in [0.2, 0.25) is 5.75 Å². The molecule has 42 heavy (non-hydrogen) atoms. The highest BCUT2D eigenvalue weighted by Gasteiger charge is 2.39. The summed E-state index contributed by atoms with van der Waals surface area (Å²) in [4.78, 5) is 0. The summed E-state index contributed by atoms with van der Waals surface area (Å²) in [6.07, 6.45) is -5.01. The van der Waals surface area contributed by atoms with E-state index < -0.39 is 53.2 Å². The fourth-order valence-corrected chi connectivity index (χ4v) is 5.54. The van der Waals surface area contributed by atoms with Crippen LogP contribution in [0.1, 0.15) is 34.5 Å². The van der Waals surface area contributed by atoms with Crippen LogP contribution in [0.25, 0.3) is 11.1 Å². The minimum absolute atomic E-state index is 0.0363. The zero-order chi connectivity index (χ0) is 30.0. The molecule has 2 aliphatic heterocycles. The highest BCUT2D eigenvalue weighted by molar-refractivity contribution is 5.86. The Balaban J connectivity index is 1.50. The lowest BCUT2D eigenvalue weighted by atomic mass is 9.85. The molecule has 218 valence electrons. The smallest absolute Gasteiger partial charge is 0.200 e. The molecule has 0 bridgehead atoms. The highest BCUT2D eigenvalue weighted by atomic mass is 16.5. The Morgan fingerprint density at radius 1 is 0.500 bits per heavy atom. The van der Waals surface area contributed by atoms with Crippen LogP contribution in [-0.4, -0.2) is 63.3 Å². The highest BCUT2D eigenvalue weighted by Crippen LogP contribution is 2.56. The molecule has 4 atom stereocenters. The number of aromatic hydroxyl groups is 8. The van der Waals surface area contributed by atoms with E-state index in [0.29, 0.717) is 0 Å². The molecule has 0 spiro atoms. The summed E-state index contributed by atoms with van der Waals surface area (Å²) in [6.45, 7) is 0. The third-order valence-electron chi connectivity index (χ3n) is 7.62. The molecule has 10 N–H and O–H groups in total. The average Bonchev–Trinajstić information content (AvgIpc) is 2.94. The first kappa shape index (κ1) is 27.0. The van der Waals surface area contributed by atoms with Gasteiger partial charge in [-0.05, 0) is 41.5 Å². The second-order valence-corrected chi connectivity index (χ2v) is 10.3. The molecule has 12 nitrogen and oxygen atoms in total. The molecule has 4 aromatic rings. The lowest BCUT2D eigenvalue weighted by Gasteiger charge is -2.35. The molecule has 0 aliphatic carbocycles. The van der Waals surface area contributed by atoms with Gasteiger partial charge in [0.1, 0.15) is 23.4 Å². The number of phenolic OH excluding ortho intramolecular Hbond substituents is 8. The standard InChI is InChI=1S/C30H26O12/c31-16-3-1-11(5-19(16)34)27-24(39)9-15-18(33)10-21(36)25(29(15)41-27)13-7-22(37)26(40)30-14(13)8-23(38)28(42-30)12-2-4-17(32)20(35)6-12/h1-7,10,23-24,27-28,31-40H,8-9H2/t23-,24-,27-,28+/m0/s1. The zero-order valence-corrected chi connectivity index (χ0v) is 21.6. The van der Waals surface area contributed by atoms with Gasteiger partial charge in [-0.2, -0.15) is 0 Å². The summed E-state index contributed by atoms with van der Waals surface area (Å²) in [6, 6.07) is 9.84. The topological polar surface area (TPSA) is 221 Å². The van der Waals surface area contributed by atoms with Crippen molar-refractivity contribution in [3.05, 3.63) is 70.8 Å². The normalized spacial score (nSPS) is 21.1. The molecule has 0 radical (unpaired) electrons. The molecule has 2 heterocycles. The number of fused-ring (bicyclic) bond motifs is 2. The van der Waals surface area contributed by atoms with Crippen LogP contribution in [-0.2, 0) is 12.8 Å². The van der Waals surface area contributed by atoms with Gasteiger partial charge in [-0.25, -0.2) is 0 Å². The Kier molecular flexibility index (Phi) is 6.24. The van der Waals surface area contributed by atoms with Gasteiger partial charge >= 0.3 is 0 Å². The van der Waals surface area contributed by atoms with Crippen molar-refractivity contribution in [3.63, 3.8) is 0 Å². The summed E-state index contributed by atoms with van der Waals surface area (Å²) >= 11 is 0. The molecule has 12 heteroatoms. The minimum atomic E-state index is -1.25. The van der Waals surface area contributed by atoms with Gasteiger partial charge in [-0.3, -0.25) is 0 Å². The summed E-state index contributed by atoms with van der Waals surface area (Å²) in [7, 11) is 0. The summed E-state index contributed by atoms with van der Waals surface area (Å²) in [5, 5.41) is 104. The fraction of sp³-hybridized carbons (Fsp3) is 0.200. The lowest BCUT2D eigenvalue weighted by Crippen LogP contribution is -2.31. The van der Waals surface area contributed by atoms with Crippen molar-refractivity contribution in [1.82, 2.24) is 0 Å². The Morgan fingerprint density at radius 2 is 1.02 bits per heavy atom. The summed E-state index contributed by atoms with van der Waals surface area (Å²) in [5.41, 5.74) is 0.912. The van der Waals surface area contributed by atoms with Crippen LogP contribution in [0.3, 0.4) is 0 Å². The predicted molar refractivity (Wildman–Crippen MR) is 144 cm³/mol. The number of aliphatic hydroxyl groups is 2. The van der Waals surface area contributed by atoms with E-state index in [1.165, 1.54) is 36.4 Å². The second-order valence-electron chi connectivity index (χ2n) is 10.3. The van der Waals surface area contributed by atoms with Gasteiger partial charge in [0.05, 0.1) is 17.8 Å². The molecule has 0 fully saturated rings. The fourth-order valence-electron chi connectivity index (χ4n) is 5.54. The van der Waals surface area contributed by atoms with Crippen molar-refractivity contribution < 1.29 is 60.5 Å². The first-order valence-corrected chi connectivity index (χ1v) is 12.8. The van der Waals surface area contributed by atoms with Crippen LogP contribution in [0.15, 0.2) is 48.5 Å². The predicted octanol–water partition coefficient (Wildman–Crippen LogP) is 3.07. The van der Waals surface area contributed by atoms with Gasteiger partial charge in [-0.1, -0.05) is 12.1 Å². The van der Waals surface area contributed by atoms with E-state index in [1.807, 2.05) is 0 Å². The molecule has 6 rings (SSSR count). The van der Waals surface area contributed by atoms with Crippen LogP contribution in [0.2, 0.25) is 0 Å². The lowest BCUT2D eigenvalue weighted by molar-refractivity contribution is 0.0183. The second kappa shape index (κ2) is 9.72. The maximum atomic E-state index is 11.1. The number of hydrogen-bond acceptors (Lipinski definition) is 12. The van der Waals surface area contributed by atoms with Crippen LogP contribution in [0.5, 0.6) is 57.5 Å². The molecular formula is C30H26O12. The van der Waals surface area contributed by atoms with Crippen LogP contribution < -0.4 is 9.47 Å². The molecule has 4 aromatic carbocycles. The number of ether oxygens (including phenoxy) is 2. The zero-order valence-electron chi connectivity index (χ0n) is 21.6. The molecule has 0 saturated heterocycles. The van der Waals surface area contributed by atoms with Crippen molar-refractivity contribution in [2.24, 2.45) is 0 Å². The molecule has 0 aromatic heterocycles. The van der Waals surface area contributed by atoms with E-state index in [9.17, 15) is 51.1 Å².